The highest BCUT2D eigenvalue weighted by molar-refractivity contribution is 5.92. The Balaban J connectivity index is 2.24. The summed E-state index contributed by atoms with van der Waals surface area (Å²) in [5.41, 5.74) is 2.86. The number of furan rings is 1. The third kappa shape index (κ3) is 1.79. The second kappa shape index (κ2) is 4.27. The minimum Gasteiger partial charge on any atom is -0.459 e. The Hall–Kier alpha value is -2.13. The van der Waals surface area contributed by atoms with Crippen LogP contribution in [0.4, 0.5) is 0 Å². The van der Waals surface area contributed by atoms with E-state index < -0.39 is 0 Å². The van der Waals surface area contributed by atoms with Gasteiger partial charge in [-0.15, -0.1) is 0 Å². The standard InChI is InChI=1S/C15H13NO2/c1-10-5-6-11-3-2-4-13(15(11)16-10)14-8-7-12(9-17)18-14/h2-8,17H,9H2,1H3. The van der Waals surface area contributed by atoms with Crippen LogP contribution in [0.5, 0.6) is 0 Å². The fourth-order valence-corrected chi connectivity index (χ4v) is 2.05. The summed E-state index contributed by atoms with van der Waals surface area (Å²) in [7, 11) is 0. The highest BCUT2D eigenvalue weighted by atomic mass is 16.4. The average Bonchev–Trinajstić information content (AvgIpc) is 2.86. The fraction of sp³-hybridized carbons (Fsp3) is 0.133. The molecular formula is C15H13NO2. The van der Waals surface area contributed by atoms with E-state index in [-0.39, 0.29) is 6.61 Å². The normalized spacial score (nSPS) is 11.0. The van der Waals surface area contributed by atoms with Gasteiger partial charge in [-0.05, 0) is 31.2 Å². The second-order valence-corrected chi connectivity index (χ2v) is 4.25. The maximum Gasteiger partial charge on any atom is 0.136 e. The Morgan fingerprint density at radius 2 is 2.00 bits per heavy atom. The van der Waals surface area contributed by atoms with E-state index in [2.05, 4.69) is 11.1 Å². The minimum absolute atomic E-state index is 0.0861. The number of hydrogen-bond acceptors (Lipinski definition) is 3. The molecule has 0 radical (unpaired) electrons. The van der Waals surface area contributed by atoms with Gasteiger partial charge in [0.25, 0.3) is 0 Å². The number of fused-ring (bicyclic) bond motifs is 1. The van der Waals surface area contributed by atoms with Gasteiger partial charge in [0.15, 0.2) is 0 Å². The van der Waals surface area contributed by atoms with Gasteiger partial charge in [-0.2, -0.15) is 0 Å². The Bertz CT molecular complexity index is 701. The van der Waals surface area contributed by atoms with E-state index in [0.717, 1.165) is 27.9 Å². The zero-order valence-corrected chi connectivity index (χ0v) is 10.1. The summed E-state index contributed by atoms with van der Waals surface area (Å²) in [5, 5.41) is 10.1. The van der Waals surface area contributed by atoms with E-state index in [4.69, 9.17) is 9.52 Å². The zero-order valence-electron chi connectivity index (χ0n) is 10.1. The molecule has 0 unspecified atom stereocenters. The molecule has 2 heterocycles. The number of hydrogen-bond donors (Lipinski definition) is 1. The van der Waals surface area contributed by atoms with Crippen molar-refractivity contribution >= 4 is 10.9 Å². The van der Waals surface area contributed by atoms with Crippen molar-refractivity contribution in [2.45, 2.75) is 13.5 Å². The van der Waals surface area contributed by atoms with Crippen molar-refractivity contribution < 1.29 is 9.52 Å². The summed E-state index contributed by atoms with van der Waals surface area (Å²) in [6.45, 7) is 1.88. The van der Waals surface area contributed by atoms with Crippen LogP contribution >= 0.6 is 0 Å². The van der Waals surface area contributed by atoms with Gasteiger partial charge in [0.2, 0.25) is 0 Å². The summed E-state index contributed by atoms with van der Waals surface area (Å²) in [6.07, 6.45) is 0. The summed E-state index contributed by atoms with van der Waals surface area (Å²) in [4.78, 5) is 4.56. The van der Waals surface area contributed by atoms with Gasteiger partial charge < -0.3 is 9.52 Å². The molecule has 3 nitrogen and oxygen atoms in total. The van der Waals surface area contributed by atoms with Crippen LogP contribution in [0.3, 0.4) is 0 Å². The van der Waals surface area contributed by atoms with Crippen molar-refractivity contribution in [3.63, 3.8) is 0 Å². The molecule has 3 heteroatoms. The van der Waals surface area contributed by atoms with Crippen LogP contribution in [0.25, 0.3) is 22.2 Å². The predicted octanol–water partition coefficient (Wildman–Crippen LogP) is 3.30. The molecule has 0 fully saturated rings. The summed E-state index contributed by atoms with van der Waals surface area (Å²) >= 11 is 0. The summed E-state index contributed by atoms with van der Waals surface area (Å²) in [6, 6.07) is 13.7. The van der Waals surface area contributed by atoms with Crippen LogP contribution in [0.2, 0.25) is 0 Å². The molecule has 3 aromatic rings. The monoisotopic (exact) mass is 239 g/mol. The lowest BCUT2D eigenvalue weighted by atomic mass is 10.1. The number of para-hydroxylation sites is 1. The van der Waals surface area contributed by atoms with Crippen LogP contribution in [-0.2, 0) is 6.61 Å². The fourth-order valence-electron chi connectivity index (χ4n) is 2.05. The quantitative estimate of drug-likeness (QED) is 0.746. The van der Waals surface area contributed by atoms with Gasteiger partial charge in [-0.3, -0.25) is 4.98 Å². The maximum atomic E-state index is 9.05. The van der Waals surface area contributed by atoms with Gasteiger partial charge in [-0.1, -0.05) is 18.2 Å². The predicted molar refractivity (Wildman–Crippen MR) is 70.1 cm³/mol. The number of aryl methyl sites for hydroxylation is 1. The van der Waals surface area contributed by atoms with Crippen molar-refractivity contribution in [1.82, 2.24) is 4.98 Å². The van der Waals surface area contributed by atoms with Crippen molar-refractivity contribution in [2.75, 3.05) is 0 Å². The van der Waals surface area contributed by atoms with Crippen LogP contribution in [0.1, 0.15) is 11.5 Å². The van der Waals surface area contributed by atoms with Gasteiger partial charge >= 0.3 is 0 Å². The first-order valence-electron chi connectivity index (χ1n) is 5.84. The van der Waals surface area contributed by atoms with Gasteiger partial charge in [0.1, 0.15) is 18.1 Å². The molecule has 3 rings (SSSR count). The van der Waals surface area contributed by atoms with E-state index in [0.29, 0.717) is 5.76 Å². The molecule has 90 valence electrons. The molecule has 0 aliphatic heterocycles. The topological polar surface area (TPSA) is 46.3 Å². The molecule has 0 amide bonds. The lowest BCUT2D eigenvalue weighted by molar-refractivity contribution is 0.248. The molecular weight excluding hydrogens is 226 g/mol. The first-order valence-corrected chi connectivity index (χ1v) is 5.84. The number of aliphatic hydroxyl groups excluding tert-OH is 1. The zero-order chi connectivity index (χ0) is 12.5. The van der Waals surface area contributed by atoms with E-state index >= 15 is 0 Å². The minimum atomic E-state index is -0.0861. The highest BCUT2D eigenvalue weighted by Gasteiger charge is 2.09. The largest absolute Gasteiger partial charge is 0.459 e. The lowest BCUT2D eigenvalue weighted by Gasteiger charge is -2.04. The molecule has 0 aliphatic rings. The van der Waals surface area contributed by atoms with E-state index in [1.165, 1.54) is 0 Å². The highest BCUT2D eigenvalue weighted by Crippen LogP contribution is 2.28. The van der Waals surface area contributed by atoms with Gasteiger partial charge in [0.05, 0.1) is 5.52 Å². The Kier molecular flexibility index (Phi) is 2.61. The van der Waals surface area contributed by atoms with Crippen molar-refractivity contribution in [1.29, 1.82) is 0 Å². The van der Waals surface area contributed by atoms with Crippen LogP contribution < -0.4 is 0 Å². The smallest absolute Gasteiger partial charge is 0.136 e. The third-order valence-corrected chi connectivity index (χ3v) is 2.94. The SMILES string of the molecule is Cc1ccc2cccc(-c3ccc(CO)o3)c2n1. The molecule has 0 atom stereocenters. The number of pyridine rings is 1. The number of rotatable bonds is 2. The Labute approximate surface area is 105 Å². The molecule has 0 bridgehead atoms. The molecule has 0 spiro atoms. The van der Waals surface area contributed by atoms with Gasteiger partial charge in [0, 0.05) is 16.6 Å². The van der Waals surface area contributed by atoms with Gasteiger partial charge in [-0.25, -0.2) is 0 Å². The van der Waals surface area contributed by atoms with Crippen LogP contribution in [-0.4, -0.2) is 10.1 Å². The second-order valence-electron chi connectivity index (χ2n) is 4.25. The van der Waals surface area contributed by atoms with Crippen LogP contribution in [0, 0.1) is 6.92 Å². The van der Waals surface area contributed by atoms with E-state index in [1.807, 2.05) is 37.3 Å². The molecule has 0 saturated carbocycles. The molecule has 0 saturated heterocycles. The summed E-state index contributed by atoms with van der Waals surface area (Å²) in [5.74, 6) is 1.30. The van der Waals surface area contributed by atoms with E-state index in [9.17, 15) is 0 Å². The number of aliphatic hydroxyl groups is 1. The third-order valence-electron chi connectivity index (χ3n) is 2.94. The number of benzene rings is 1. The van der Waals surface area contributed by atoms with E-state index in [1.54, 1.807) is 6.07 Å². The maximum absolute atomic E-state index is 9.05. The molecule has 1 aromatic carbocycles. The number of aromatic nitrogens is 1. The first-order chi connectivity index (χ1) is 8.78. The van der Waals surface area contributed by atoms with Crippen molar-refractivity contribution in [3.8, 4) is 11.3 Å². The van der Waals surface area contributed by atoms with Crippen LogP contribution in [0.15, 0.2) is 46.9 Å². The average molecular weight is 239 g/mol. The molecule has 1 N–H and O–H groups in total. The Morgan fingerprint density at radius 3 is 2.78 bits per heavy atom. The summed E-state index contributed by atoms with van der Waals surface area (Å²) < 4.78 is 5.58. The Morgan fingerprint density at radius 1 is 1.11 bits per heavy atom. The lowest BCUT2D eigenvalue weighted by Crippen LogP contribution is -1.86. The molecule has 0 aliphatic carbocycles. The molecule has 18 heavy (non-hydrogen) atoms. The molecule has 2 aromatic heterocycles. The number of nitrogens with zero attached hydrogens (tertiary/aromatic N) is 1. The van der Waals surface area contributed by atoms with Crippen molar-refractivity contribution in [3.05, 3.63) is 53.9 Å². The van der Waals surface area contributed by atoms with Crippen molar-refractivity contribution in [2.24, 2.45) is 0 Å². The first kappa shape index (κ1) is 11.0.